The summed E-state index contributed by atoms with van der Waals surface area (Å²) in [5.74, 6) is -0.313. The Morgan fingerprint density at radius 1 is 0.618 bits per heavy atom. The van der Waals surface area contributed by atoms with Crippen molar-refractivity contribution in [1.82, 2.24) is 0 Å². The summed E-state index contributed by atoms with van der Waals surface area (Å²) in [5.41, 5.74) is 0.903. The molecule has 0 N–H and O–H groups in total. The van der Waals surface area contributed by atoms with Crippen LogP contribution < -0.4 is 161 Å². The number of hydrogen-bond acceptors (Lipinski definition) is 11. The van der Waals surface area contributed by atoms with Gasteiger partial charge in [0.05, 0.1) is 21.3 Å². The zero-order chi connectivity index (χ0) is 22.5. The van der Waals surface area contributed by atoms with Crippen molar-refractivity contribution in [2.45, 2.75) is 0 Å². The van der Waals surface area contributed by atoms with Crippen molar-refractivity contribution in [1.29, 1.82) is 0 Å². The van der Waals surface area contributed by atoms with Crippen LogP contribution in [0.15, 0.2) is 30.3 Å². The molecule has 2 rings (SSSR count). The Balaban J connectivity index is -0.00000240. The van der Waals surface area contributed by atoms with Crippen LogP contribution in [0.2, 0.25) is 0 Å². The van der Waals surface area contributed by atoms with E-state index < -0.39 is 27.1 Å². The molecule has 2 aromatic carbocycles. The van der Waals surface area contributed by atoms with Gasteiger partial charge in [-0.15, -0.1) is 0 Å². The van der Waals surface area contributed by atoms with Crippen molar-refractivity contribution < 1.29 is 170 Å². The second-order valence-electron chi connectivity index (χ2n) is 5.58. The molecule has 0 atom stereocenters. The van der Waals surface area contributed by atoms with Gasteiger partial charge in [0, 0.05) is 0 Å². The van der Waals surface area contributed by atoms with Crippen LogP contribution in [0.1, 0.15) is 11.1 Å². The molecule has 0 aliphatic heterocycles. The van der Waals surface area contributed by atoms with Crippen molar-refractivity contribution in [3.63, 3.8) is 0 Å². The quantitative estimate of drug-likeness (QED) is 0.165. The maximum absolute atomic E-state index is 10.9. The largest absolute Gasteiger partial charge is 1.00 e. The van der Waals surface area contributed by atoms with Gasteiger partial charge in [-0.1, -0.05) is 18.2 Å². The third-order valence-corrected chi connectivity index (χ3v) is 4.38. The fraction of sp³-hybridized carbons (Fsp3) is 0.176. The van der Waals surface area contributed by atoms with E-state index in [2.05, 4.69) is 9.05 Å². The van der Waals surface area contributed by atoms with E-state index in [4.69, 9.17) is 14.2 Å². The first kappa shape index (κ1) is 40.0. The molecule has 0 aliphatic rings. The summed E-state index contributed by atoms with van der Waals surface area (Å²) in [7, 11) is -6.72. The van der Waals surface area contributed by atoms with Gasteiger partial charge >= 0.3 is 118 Å². The standard InChI is InChI=1S/C17H20O11P2.4Na/c1-24-15-9-12(10-16(25-2)17(15)26-3)5-4-11-6-7-13(27-29(18,19)20)14(8-11)28-30(21,22)23;;;;/h4-10H,1-3H3,(H2,18,19,20)(H2,21,22,23);;;;/q;4*+1/p-4/b5-4-;;;;. The number of hydrogen-bond donors (Lipinski definition) is 0. The van der Waals surface area contributed by atoms with E-state index in [1.165, 1.54) is 33.5 Å². The Morgan fingerprint density at radius 2 is 1.03 bits per heavy atom. The number of phosphoric ester groups is 2. The van der Waals surface area contributed by atoms with Crippen LogP contribution in [0.3, 0.4) is 0 Å². The SMILES string of the molecule is COc1cc(/C=C\c2ccc(OP(=O)([O-])[O-])c(OP(=O)([O-])[O-])c2)cc(OC)c1OC.[Na+].[Na+].[Na+].[Na+]. The molecule has 17 heteroatoms. The Kier molecular flexibility index (Phi) is 21.0. The molecular formula is C17H16Na4O11P2. The van der Waals surface area contributed by atoms with Crippen molar-refractivity contribution in [3.05, 3.63) is 41.5 Å². The summed E-state index contributed by atoms with van der Waals surface area (Å²) in [6, 6.07) is 6.58. The van der Waals surface area contributed by atoms with Gasteiger partial charge in [-0.3, -0.25) is 0 Å². The Morgan fingerprint density at radius 3 is 1.44 bits per heavy atom. The molecular weight excluding hydrogens is 534 g/mol. The average Bonchev–Trinajstić information content (AvgIpc) is 2.64. The van der Waals surface area contributed by atoms with Crippen molar-refractivity contribution in [3.8, 4) is 28.7 Å². The molecule has 11 nitrogen and oxygen atoms in total. The van der Waals surface area contributed by atoms with Crippen LogP contribution in [0, 0.1) is 0 Å². The Bertz CT molecular complexity index is 1020. The van der Waals surface area contributed by atoms with Crippen LogP contribution in [0.5, 0.6) is 28.7 Å². The maximum atomic E-state index is 10.9. The van der Waals surface area contributed by atoms with Crippen LogP contribution >= 0.6 is 15.6 Å². The van der Waals surface area contributed by atoms with E-state index in [0.717, 1.165) is 12.1 Å². The molecule has 0 heterocycles. The number of methoxy groups -OCH3 is 3. The third kappa shape index (κ3) is 13.3. The number of benzene rings is 2. The van der Waals surface area contributed by atoms with E-state index in [1.54, 1.807) is 18.2 Å². The fourth-order valence-electron chi connectivity index (χ4n) is 2.41. The monoisotopic (exact) mass is 550 g/mol. The summed E-state index contributed by atoms with van der Waals surface area (Å²) in [6.07, 6.45) is 3.08. The smallest absolute Gasteiger partial charge is 0.780 e. The van der Waals surface area contributed by atoms with Crippen LogP contribution in [0.25, 0.3) is 12.2 Å². The van der Waals surface area contributed by atoms with E-state index >= 15 is 0 Å². The van der Waals surface area contributed by atoms with Gasteiger partial charge in [0.25, 0.3) is 0 Å². The normalized spacial score (nSPS) is 10.6. The van der Waals surface area contributed by atoms with Gasteiger partial charge in [-0.05, 0) is 35.4 Å². The zero-order valence-electron chi connectivity index (χ0n) is 19.9. The second-order valence-corrected chi connectivity index (χ2v) is 7.73. The van der Waals surface area contributed by atoms with Gasteiger partial charge in [-0.2, -0.15) is 0 Å². The first-order valence-corrected chi connectivity index (χ1v) is 10.9. The Labute approximate surface area is 285 Å². The molecule has 0 unspecified atom stereocenters. The molecule has 0 bridgehead atoms. The molecule has 0 amide bonds. The second kappa shape index (κ2) is 17.9. The minimum absolute atomic E-state index is 0. The summed E-state index contributed by atoms with van der Waals surface area (Å²) in [6.45, 7) is 0. The maximum Gasteiger partial charge on any atom is 1.00 e. The molecule has 0 aliphatic carbocycles. The van der Waals surface area contributed by atoms with E-state index in [1.807, 2.05) is 0 Å². The molecule has 0 spiro atoms. The van der Waals surface area contributed by atoms with E-state index in [0.29, 0.717) is 28.4 Å². The predicted molar refractivity (Wildman–Crippen MR) is 97.9 cm³/mol. The third-order valence-electron chi connectivity index (χ3n) is 3.54. The minimum atomic E-state index is -5.55. The van der Waals surface area contributed by atoms with E-state index in [9.17, 15) is 28.7 Å². The first-order chi connectivity index (χ1) is 14.0. The minimum Gasteiger partial charge on any atom is -0.780 e. The molecule has 34 heavy (non-hydrogen) atoms. The van der Waals surface area contributed by atoms with Crippen molar-refractivity contribution >= 4 is 27.8 Å². The molecule has 0 aromatic heterocycles. The summed E-state index contributed by atoms with van der Waals surface area (Å²) >= 11 is 0. The predicted octanol–water partition coefficient (Wildman–Crippen LogP) is -11.7. The van der Waals surface area contributed by atoms with Gasteiger partial charge in [0.15, 0.2) is 23.0 Å². The van der Waals surface area contributed by atoms with Crippen LogP contribution in [0.4, 0.5) is 0 Å². The van der Waals surface area contributed by atoms with Gasteiger partial charge < -0.3 is 52.0 Å². The van der Waals surface area contributed by atoms with E-state index in [-0.39, 0.29) is 118 Å². The fourth-order valence-corrected chi connectivity index (χ4v) is 3.18. The number of phosphoric acid groups is 2. The van der Waals surface area contributed by atoms with Gasteiger partial charge in [0.1, 0.15) is 15.6 Å². The molecule has 0 radical (unpaired) electrons. The van der Waals surface area contributed by atoms with Crippen molar-refractivity contribution in [2.75, 3.05) is 21.3 Å². The van der Waals surface area contributed by atoms with Gasteiger partial charge in [0.2, 0.25) is 5.75 Å². The molecule has 0 saturated carbocycles. The van der Waals surface area contributed by atoms with Gasteiger partial charge in [-0.25, -0.2) is 0 Å². The zero-order valence-corrected chi connectivity index (χ0v) is 29.7. The van der Waals surface area contributed by atoms with Crippen LogP contribution in [-0.2, 0) is 9.13 Å². The number of ether oxygens (including phenoxy) is 3. The molecule has 2 aromatic rings. The summed E-state index contributed by atoms with van der Waals surface area (Å²) in [4.78, 5) is 43.5. The summed E-state index contributed by atoms with van der Waals surface area (Å²) in [5, 5.41) is 0. The first-order valence-electron chi connectivity index (χ1n) is 8.01. The Hall–Kier alpha value is 1.48. The molecule has 0 saturated heterocycles. The average molecular weight is 550 g/mol. The topological polar surface area (TPSA) is 173 Å². The molecule has 0 fully saturated rings. The number of rotatable bonds is 9. The van der Waals surface area contributed by atoms with Crippen LogP contribution in [-0.4, -0.2) is 21.3 Å². The molecule has 164 valence electrons. The summed E-state index contributed by atoms with van der Waals surface area (Å²) < 4.78 is 45.8. The van der Waals surface area contributed by atoms with Crippen molar-refractivity contribution in [2.24, 2.45) is 0 Å².